The maximum Gasteiger partial charge on any atom is 0.314 e. The van der Waals surface area contributed by atoms with Crippen LogP contribution in [-0.2, 0) is 0 Å². The molecular formula is C21H21BrNO2S2+. The van der Waals surface area contributed by atoms with E-state index < -0.39 is 0 Å². The van der Waals surface area contributed by atoms with Gasteiger partial charge in [0, 0.05) is 10.0 Å². The van der Waals surface area contributed by atoms with Crippen LogP contribution in [-0.4, -0.2) is 20.2 Å². The molecule has 1 unspecified atom stereocenters. The minimum Gasteiger partial charge on any atom is -0.497 e. The van der Waals surface area contributed by atoms with E-state index in [1.165, 1.54) is 19.3 Å². The molecule has 0 spiro atoms. The molecule has 2 aromatic carbocycles. The summed E-state index contributed by atoms with van der Waals surface area (Å²) >= 11 is 7.33. The molecule has 1 aliphatic rings. The minimum atomic E-state index is -0.0925. The molecule has 27 heavy (non-hydrogen) atoms. The summed E-state index contributed by atoms with van der Waals surface area (Å²) in [6.45, 7) is 6.42. The van der Waals surface area contributed by atoms with Crippen LogP contribution in [0.3, 0.4) is 0 Å². The maximum atomic E-state index is 6.47. The Balaban J connectivity index is 1.92. The highest BCUT2D eigenvalue weighted by Crippen LogP contribution is 2.48. The van der Waals surface area contributed by atoms with Gasteiger partial charge in [-0.15, -0.1) is 0 Å². The fourth-order valence-electron chi connectivity index (χ4n) is 3.23. The molecule has 3 aromatic rings. The number of fused-ring (bicyclic) bond motifs is 3. The molecule has 4 rings (SSSR count). The zero-order valence-electron chi connectivity index (χ0n) is 15.5. The number of halogens is 1. The second-order valence-electron chi connectivity index (χ2n) is 6.25. The second kappa shape index (κ2) is 7.78. The Bertz CT molecular complexity index is 1030. The van der Waals surface area contributed by atoms with Gasteiger partial charge in [0.2, 0.25) is 0 Å². The van der Waals surface area contributed by atoms with Crippen molar-refractivity contribution >= 4 is 38.6 Å². The van der Waals surface area contributed by atoms with Gasteiger partial charge in [0.05, 0.1) is 16.9 Å². The lowest BCUT2D eigenvalue weighted by atomic mass is 10.0. The monoisotopic (exact) mass is 462 g/mol. The third-order valence-corrected chi connectivity index (χ3v) is 7.99. The lowest BCUT2D eigenvalue weighted by Gasteiger charge is -2.26. The Hall–Kier alpha value is -1.63. The van der Waals surface area contributed by atoms with E-state index in [-0.39, 0.29) is 6.10 Å². The van der Waals surface area contributed by atoms with Crippen LogP contribution in [0.2, 0.25) is 0 Å². The van der Waals surface area contributed by atoms with Crippen molar-refractivity contribution < 1.29 is 9.47 Å². The summed E-state index contributed by atoms with van der Waals surface area (Å²) in [5, 5.41) is 0. The molecular weight excluding hydrogens is 442 g/mol. The van der Waals surface area contributed by atoms with E-state index in [1.54, 1.807) is 7.11 Å². The SMILES string of the molecule is CC[N+](CC)=c1sc2c(s1)C(c1ccc(OC)cc1)Oc1ccc(Br)cc1-2. The summed E-state index contributed by atoms with van der Waals surface area (Å²) in [4.78, 5) is 2.59. The molecule has 3 nitrogen and oxygen atoms in total. The number of benzene rings is 2. The molecule has 0 fully saturated rings. The van der Waals surface area contributed by atoms with Gasteiger partial charge < -0.3 is 9.47 Å². The molecule has 0 amide bonds. The first-order valence-electron chi connectivity index (χ1n) is 8.96. The highest BCUT2D eigenvalue weighted by Gasteiger charge is 2.32. The number of nitrogens with zero attached hydrogens (tertiary/aromatic N) is 1. The van der Waals surface area contributed by atoms with Gasteiger partial charge in [0.1, 0.15) is 24.6 Å². The van der Waals surface area contributed by atoms with E-state index in [0.717, 1.165) is 34.6 Å². The molecule has 0 saturated heterocycles. The van der Waals surface area contributed by atoms with Gasteiger partial charge in [-0.25, -0.2) is 4.58 Å². The van der Waals surface area contributed by atoms with Crippen LogP contribution in [0.15, 0.2) is 46.9 Å². The van der Waals surface area contributed by atoms with Crippen molar-refractivity contribution in [3.8, 4) is 21.9 Å². The first-order chi connectivity index (χ1) is 13.1. The highest BCUT2D eigenvalue weighted by molar-refractivity contribution is 9.10. The minimum absolute atomic E-state index is 0.0925. The lowest BCUT2D eigenvalue weighted by Crippen LogP contribution is -2.25. The summed E-state index contributed by atoms with van der Waals surface area (Å²) in [5.74, 6) is 1.80. The maximum absolute atomic E-state index is 6.47. The third-order valence-electron chi connectivity index (χ3n) is 4.72. The number of ether oxygens (including phenoxy) is 2. The third kappa shape index (κ3) is 3.46. The molecule has 0 radical (unpaired) electrons. The summed E-state index contributed by atoms with van der Waals surface area (Å²) in [6, 6.07) is 14.4. The van der Waals surface area contributed by atoms with Crippen LogP contribution in [0.25, 0.3) is 10.4 Å². The molecule has 2 heterocycles. The van der Waals surface area contributed by atoms with Gasteiger partial charge in [0.25, 0.3) is 0 Å². The van der Waals surface area contributed by atoms with Gasteiger partial charge in [0.15, 0.2) is 6.10 Å². The largest absolute Gasteiger partial charge is 0.497 e. The van der Waals surface area contributed by atoms with Crippen LogP contribution in [0.1, 0.15) is 30.4 Å². The predicted molar refractivity (Wildman–Crippen MR) is 117 cm³/mol. The summed E-state index contributed by atoms with van der Waals surface area (Å²) < 4.78 is 16.6. The Kier molecular flexibility index (Phi) is 5.39. The Morgan fingerprint density at radius 2 is 1.81 bits per heavy atom. The molecule has 0 N–H and O–H groups in total. The standard InChI is InChI=1S/C21H21BrNO2S2/c1-4-23(5-2)21-26-19-16-12-14(22)8-11-17(16)25-18(20(19)27-21)13-6-9-15(24-3)10-7-13/h6-12,18H,4-5H2,1-3H3/q+1. The number of rotatable bonds is 4. The van der Waals surface area contributed by atoms with Gasteiger partial charge in [-0.2, -0.15) is 0 Å². The Labute approximate surface area is 175 Å². The van der Waals surface area contributed by atoms with Crippen LogP contribution in [0.4, 0.5) is 0 Å². The Morgan fingerprint density at radius 1 is 1.07 bits per heavy atom. The molecule has 1 atom stereocenters. The van der Waals surface area contributed by atoms with E-state index in [0.29, 0.717) is 0 Å². The van der Waals surface area contributed by atoms with Crippen molar-refractivity contribution in [1.82, 2.24) is 4.58 Å². The summed E-state index contributed by atoms with van der Waals surface area (Å²) in [6.07, 6.45) is -0.0925. The fraction of sp³-hybridized carbons (Fsp3) is 0.286. The van der Waals surface area contributed by atoms with Crippen molar-refractivity contribution in [2.45, 2.75) is 20.0 Å². The smallest absolute Gasteiger partial charge is 0.314 e. The fourth-order valence-corrected chi connectivity index (χ4v) is 6.64. The topological polar surface area (TPSA) is 21.5 Å². The van der Waals surface area contributed by atoms with Crippen LogP contribution in [0.5, 0.6) is 11.5 Å². The second-order valence-corrected chi connectivity index (χ2v) is 9.45. The summed E-state index contributed by atoms with van der Waals surface area (Å²) in [5.41, 5.74) is 2.31. The molecule has 1 aliphatic heterocycles. The predicted octanol–water partition coefficient (Wildman–Crippen LogP) is 5.54. The van der Waals surface area contributed by atoms with E-state index >= 15 is 0 Å². The van der Waals surface area contributed by atoms with E-state index in [2.05, 4.69) is 58.6 Å². The van der Waals surface area contributed by atoms with Gasteiger partial charge in [-0.05, 0) is 49.7 Å². The van der Waals surface area contributed by atoms with E-state index in [1.807, 2.05) is 40.9 Å². The number of hydrogen-bond acceptors (Lipinski definition) is 4. The van der Waals surface area contributed by atoms with Gasteiger partial charge in [-0.1, -0.05) is 50.7 Å². The highest BCUT2D eigenvalue weighted by atomic mass is 79.9. The number of hydrogen-bond donors (Lipinski definition) is 0. The first-order valence-corrected chi connectivity index (χ1v) is 11.4. The zero-order valence-corrected chi connectivity index (χ0v) is 18.7. The van der Waals surface area contributed by atoms with E-state index in [9.17, 15) is 0 Å². The van der Waals surface area contributed by atoms with Crippen molar-refractivity contribution in [2.75, 3.05) is 20.2 Å². The Morgan fingerprint density at radius 3 is 2.48 bits per heavy atom. The quantitative estimate of drug-likeness (QED) is 0.474. The van der Waals surface area contributed by atoms with Crippen LogP contribution < -0.4 is 18.0 Å². The van der Waals surface area contributed by atoms with Crippen LogP contribution >= 0.6 is 38.6 Å². The molecule has 0 bridgehead atoms. The van der Waals surface area contributed by atoms with Gasteiger partial charge in [-0.3, -0.25) is 0 Å². The lowest BCUT2D eigenvalue weighted by molar-refractivity contribution is 0.248. The van der Waals surface area contributed by atoms with Crippen molar-refractivity contribution in [3.63, 3.8) is 0 Å². The normalized spacial score (nSPS) is 14.9. The first kappa shape index (κ1) is 18.7. The molecule has 140 valence electrons. The zero-order chi connectivity index (χ0) is 19.0. The molecule has 6 heteroatoms. The average Bonchev–Trinajstić information content (AvgIpc) is 3.14. The average molecular weight is 463 g/mol. The summed E-state index contributed by atoms with van der Waals surface area (Å²) in [7, 11) is 1.69. The van der Waals surface area contributed by atoms with Gasteiger partial charge >= 0.3 is 3.98 Å². The van der Waals surface area contributed by atoms with Crippen molar-refractivity contribution in [2.24, 2.45) is 0 Å². The molecule has 0 aliphatic carbocycles. The molecule has 1 aromatic heterocycles. The van der Waals surface area contributed by atoms with Crippen molar-refractivity contribution in [3.05, 3.63) is 61.4 Å². The van der Waals surface area contributed by atoms with E-state index in [4.69, 9.17) is 9.47 Å². The number of methoxy groups -OCH3 is 1. The van der Waals surface area contributed by atoms with Crippen LogP contribution in [0, 0.1) is 0 Å². The molecule has 0 saturated carbocycles. The van der Waals surface area contributed by atoms with Crippen molar-refractivity contribution in [1.29, 1.82) is 0 Å².